The summed E-state index contributed by atoms with van der Waals surface area (Å²) in [6, 6.07) is 0.365. The Kier molecular flexibility index (Phi) is 4.40. The van der Waals surface area contributed by atoms with Crippen LogP contribution in [0.5, 0.6) is 0 Å². The van der Waals surface area contributed by atoms with E-state index >= 15 is 0 Å². The van der Waals surface area contributed by atoms with Crippen molar-refractivity contribution in [3.05, 3.63) is 28.2 Å². The second-order valence-corrected chi connectivity index (χ2v) is 6.81. The third-order valence-corrected chi connectivity index (χ3v) is 5.25. The van der Waals surface area contributed by atoms with Crippen LogP contribution in [0.2, 0.25) is 0 Å². The molecular formula is C11H11BrF2N2O3S. The van der Waals surface area contributed by atoms with E-state index < -0.39 is 38.5 Å². The molecule has 1 aromatic carbocycles. The number of hydrogen-bond acceptors (Lipinski definition) is 3. The Bertz CT molecular complexity index is 628. The largest absolute Gasteiger partial charge is 0.355 e. The summed E-state index contributed by atoms with van der Waals surface area (Å²) < 4.78 is 52.8. The standard InChI is InChI=1S/C11H11BrF2N2O3S/c12-7-4-6(13)5-8(14)10(7)20(18,19)16-9-2-1-3-15-11(9)17/h4-5,9,16H,1-3H2,(H,15,17). The van der Waals surface area contributed by atoms with Crippen molar-refractivity contribution in [3.63, 3.8) is 0 Å². The van der Waals surface area contributed by atoms with Crippen LogP contribution in [0.4, 0.5) is 8.78 Å². The molecule has 1 heterocycles. The van der Waals surface area contributed by atoms with Gasteiger partial charge in [0.2, 0.25) is 15.9 Å². The molecule has 110 valence electrons. The summed E-state index contributed by atoms with van der Waals surface area (Å²) in [6.45, 7) is 0.478. The monoisotopic (exact) mass is 368 g/mol. The minimum atomic E-state index is -4.27. The molecule has 5 nitrogen and oxygen atoms in total. The van der Waals surface area contributed by atoms with Gasteiger partial charge in [-0.3, -0.25) is 4.79 Å². The van der Waals surface area contributed by atoms with Crippen LogP contribution in [-0.2, 0) is 14.8 Å². The molecule has 1 aliphatic rings. The molecule has 20 heavy (non-hydrogen) atoms. The molecule has 0 aliphatic carbocycles. The predicted molar refractivity (Wildman–Crippen MR) is 70.4 cm³/mol. The number of nitrogens with one attached hydrogen (secondary N) is 2. The van der Waals surface area contributed by atoms with Crippen LogP contribution in [0.1, 0.15) is 12.8 Å². The minimum Gasteiger partial charge on any atom is -0.355 e. The van der Waals surface area contributed by atoms with Gasteiger partial charge in [0, 0.05) is 17.1 Å². The van der Waals surface area contributed by atoms with Gasteiger partial charge in [-0.25, -0.2) is 17.2 Å². The first-order valence-electron chi connectivity index (χ1n) is 5.76. The van der Waals surface area contributed by atoms with Gasteiger partial charge >= 0.3 is 0 Å². The van der Waals surface area contributed by atoms with E-state index in [9.17, 15) is 22.0 Å². The first-order valence-corrected chi connectivity index (χ1v) is 8.03. The van der Waals surface area contributed by atoms with E-state index in [1.807, 2.05) is 0 Å². The van der Waals surface area contributed by atoms with Crippen molar-refractivity contribution in [1.82, 2.24) is 10.0 Å². The molecule has 1 fully saturated rings. The molecule has 1 atom stereocenters. The van der Waals surface area contributed by atoms with E-state index in [0.29, 0.717) is 25.5 Å². The molecular weight excluding hydrogens is 358 g/mol. The maximum absolute atomic E-state index is 13.7. The van der Waals surface area contributed by atoms with Crippen LogP contribution >= 0.6 is 15.9 Å². The van der Waals surface area contributed by atoms with E-state index in [0.717, 1.165) is 6.07 Å². The van der Waals surface area contributed by atoms with Crippen LogP contribution in [0.15, 0.2) is 21.5 Å². The summed E-state index contributed by atoms with van der Waals surface area (Å²) in [7, 11) is -4.27. The number of hydrogen-bond donors (Lipinski definition) is 2. The zero-order valence-corrected chi connectivity index (χ0v) is 12.5. The molecule has 1 saturated heterocycles. The number of rotatable bonds is 3. The fourth-order valence-electron chi connectivity index (χ4n) is 1.92. The normalized spacial score (nSPS) is 19.8. The van der Waals surface area contributed by atoms with Gasteiger partial charge < -0.3 is 5.32 Å². The second kappa shape index (κ2) is 5.74. The van der Waals surface area contributed by atoms with E-state index in [4.69, 9.17) is 0 Å². The van der Waals surface area contributed by atoms with E-state index in [-0.39, 0.29) is 4.47 Å². The summed E-state index contributed by atoms with van der Waals surface area (Å²) >= 11 is 2.81. The molecule has 0 spiro atoms. The molecule has 0 aromatic heterocycles. The van der Waals surface area contributed by atoms with Gasteiger partial charge in [0.05, 0.1) is 0 Å². The smallest absolute Gasteiger partial charge is 0.245 e. The zero-order valence-electron chi connectivity index (χ0n) is 10.1. The number of halogens is 3. The Morgan fingerprint density at radius 2 is 2.05 bits per heavy atom. The second-order valence-electron chi connectivity index (χ2n) is 4.31. The van der Waals surface area contributed by atoms with Crippen LogP contribution in [0.25, 0.3) is 0 Å². The summed E-state index contributed by atoms with van der Waals surface area (Å²) in [5, 5.41) is 2.51. The van der Waals surface area contributed by atoms with Crippen LogP contribution in [-0.4, -0.2) is 26.9 Å². The third-order valence-electron chi connectivity index (χ3n) is 2.81. The lowest BCUT2D eigenvalue weighted by Gasteiger charge is -2.23. The van der Waals surface area contributed by atoms with Crippen molar-refractivity contribution in [2.24, 2.45) is 0 Å². The number of sulfonamides is 1. The fourth-order valence-corrected chi connectivity index (χ4v) is 4.31. The molecule has 1 aromatic rings. The molecule has 1 amide bonds. The van der Waals surface area contributed by atoms with Crippen molar-refractivity contribution in [2.45, 2.75) is 23.8 Å². The van der Waals surface area contributed by atoms with Crippen molar-refractivity contribution in [2.75, 3.05) is 6.54 Å². The number of carbonyl (C=O) groups is 1. The molecule has 0 bridgehead atoms. The van der Waals surface area contributed by atoms with Crippen molar-refractivity contribution >= 4 is 31.9 Å². The molecule has 1 aliphatic heterocycles. The highest BCUT2D eigenvalue weighted by Crippen LogP contribution is 2.26. The first kappa shape index (κ1) is 15.3. The lowest BCUT2D eigenvalue weighted by Crippen LogP contribution is -2.50. The Balaban J connectivity index is 2.33. The third kappa shape index (κ3) is 3.15. The highest BCUT2D eigenvalue weighted by Gasteiger charge is 2.31. The van der Waals surface area contributed by atoms with Gasteiger partial charge in [0.25, 0.3) is 0 Å². The Morgan fingerprint density at radius 3 is 2.65 bits per heavy atom. The van der Waals surface area contributed by atoms with Gasteiger partial charge in [0.1, 0.15) is 22.6 Å². The first-order chi connectivity index (χ1) is 9.31. The number of piperidine rings is 1. The van der Waals surface area contributed by atoms with Crippen LogP contribution < -0.4 is 10.0 Å². The minimum absolute atomic E-state index is 0.237. The molecule has 0 radical (unpaired) electrons. The van der Waals surface area contributed by atoms with E-state index in [2.05, 4.69) is 26.0 Å². The van der Waals surface area contributed by atoms with Gasteiger partial charge in [-0.15, -0.1) is 0 Å². The summed E-state index contributed by atoms with van der Waals surface area (Å²) in [5.41, 5.74) is 0. The Morgan fingerprint density at radius 1 is 1.35 bits per heavy atom. The average Bonchev–Trinajstić information content (AvgIpc) is 2.30. The SMILES string of the molecule is O=C1NCCCC1NS(=O)(=O)c1c(F)cc(F)cc1Br. The molecule has 2 rings (SSSR count). The van der Waals surface area contributed by atoms with Crippen LogP contribution in [0.3, 0.4) is 0 Å². The Hall–Kier alpha value is -1.06. The van der Waals surface area contributed by atoms with Crippen LogP contribution in [0, 0.1) is 11.6 Å². The fraction of sp³-hybridized carbons (Fsp3) is 0.364. The highest BCUT2D eigenvalue weighted by atomic mass is 79.9. The lowest BCUT2D eigenvalue weighted by atomic mass is 10.1. The lowest BCUT2D eigenvalue weighted by molar-refractivity contribution is -0.124. The molecule has 0 saturated carbocycles. The van der Waals surface area contributed by atoms with Crippen molar-refractivity contribution in [1.29, 1.82) is 0 Å². The Labute approximate surface area is 122 Å². The quantitative estimate of drug-likeness (QED) is 0.843. The summed E-state index contributed by atoms with van der Waals surface area (Å²) in [4.78, 5) is 10.8. The topological polar surface area (TPSA) is 75.3 Å². The van der Waals surface area contributed by atoms with Gasteiger partial charge in [-0.2, -0.15) is 4.72 Å². The molecule has 2 N–H and O–H groups in total. The highest BCUT2D eigenvalue weighted by molar-refractivity contribution is 9.10. The summed E-state index contributed by atoms with van der Waals surface area (Å²) in [5.74, 6) is -2.58. The molecule has 1 unspecified atom stereocenters. The predicted octanol–water partition coefficient (Wildman–Crippen LogP) is 1.28. The van der Waals surface area contributed by atoms with Gasteiger partial charge in [0.15, 0.2) is 0 Å². The summed E-state index contributed by atoms with van der Waals surface area (Å²) in [6.07, 6.45) is 0.942. The van der Waals surface area contributed by atoms with Crippen molar-refractivity contribution in [3.8, 4) is 0 Å². The average molecular weight is 369 g/mol. The zero-order chi connectivity index (χ0) is 14.9. The maximum Gasteiger partial charge on any atom is 0.245 e. The van der Waals surface area contributed by atoms with E-state index in [1.54, 1.807) is 0 Å². The maximum atomic E-state index is 13.7. The van der Waals surface area contributed by atoms with Crippen molar-refractivity contribution < 1.29 is 22.0 Å². The number of benzene rings is 1. The van der Waals surface area contributed by atoms with Gasteiger partial charge in [-0.1, -0.05) is 0 Å². The number of amides is 1. The van der Waals surface area contributed by atoms with E-state index in [1.165, 1.54) is 0 Å². The number of carbonyl (C=O) groups excluding carboxylic acids is 1. The molecule has 9 heteroatoms. The van der Waals surface area contributed by atoms with Gasteiger partial charge in [-0.05, 0) is 34.8 Å².